The van der Waals surface area contributed by atoms with Crippen LogP contribution in [0, 0.1) is 18.8 Å². The van der Waals surface area contributed by atoms with Gasteiger partial charge in [0.25, 0.3) is 0 Å². The van der Waals surface area contributed by atoms with Crippen LogP contribution in [0.1, 0.15) is 38.7 Å². The minimum Gasteiger partial charge on any atom is -0.374 e. The number of hydrogen-bond donors (Lipinski definition) is 1. The standard InChI is InChI=1S/C18H30N2/c1-5-19-17-11-10-14(2)12-16(17)13-20(4)18-9-7-6-8-15(18)3/h6-9,14,16-17,19H,5,10-13H2,1-4H3. The van der Waals surface area contributed by atoms with E-state index in [0.29, 0.717) is 6.04 Å². The Kier molecular flexibility index (Phi) is 5.47. The summed E-state index contributed by atoms with van der Waals surface area (Å²) >= 11 is 0. The molecule has 0 saturated heterocycles. The van der Waals surface area contributed by atoms with Gasteiger partial charge in [0, 0.05) is 25.3 Å². The molecule has 1 saturated carbocycles. The highest BCUT2D eigenvalue weighted by Gasteiger charge is 2.29. The first-order valence-corrected chi connectivity index (χ1v) is 8.12. The first-order chi connectivity index (χ1) is 9.61. The Morgan fingerprint density at radius 1 is 1.25 bits per heavy atom. The van der Waals surface area contributed by atoms with Gasteiger partial charge in [0.2, 0.25) is 0 Å². The SMILES string of the molecule is CCNC1CCC(C)CC1CN(C)c1ccccc1C. The molecular weight excluding hydrogens is 244 g/mol. The van der Waals surface area contributed by atoms with Crippen molar-refractivity contribution in [2.75, 3.05) is 25.0 Å². The van der Waals surface area contributed by atoms with Crippen LogP contribution in [-0.2, 0) is 0 Å². The van der Waals surface area contributed by atoms with Crippen LogP contribution in [0.25, 0.3) is 0 Å². The number of benzene rings is 1. The predicted octanol–water partition coefficient (Wildman–Crippen LogP) is 3.85. The van der Waals surface area contributed by atoms with Gasteiger partial charge in [-0.25, -0.2) is 0 Å². The Morgan fingerprint density at radius 3 is 2.70 bits per heavy atom. The second kappa shape index (κ2) is 7.12. The van der Waals surface area contributed by atoms with Crippen molar-refractivity contribution in [2.24, 2.45) is 11.8 Å². The highest BCUT2D eigenvalue weighted by molar-refractivity contribution is 5.52. The number of para-hydroxylation sites is 1. The number of rotatable bonds is 5. The lowest BCUT2D eigenvalue weighted by Crippen LogP contribution is -2.45. The van der Waals surface area contributed by atoms with Crippen molar-refractivity contribution in [3.8, 4) is 0 Å². The Bertz CT molecular complexity index is 416. The van der Waals surface area contributed by atoms with E-state index in [0.717, 1.165) is 24.9 Å². The average Bonchev–Trinajstić information content (AvgIpc) is 2.42. The van der Waals surface area contributed by atoms with Gasteiger partial charge in [0.05, 0.1) is 0 Å². The van der Waals surface area contributed by atoms with E-state index in [2.05, 4.69) is 62.3 Å². The predicted molar refractivity (Wildman–Crippen MR) is 88.4 cm³/mol. The van der Waals surface area contributed by atoms with Gasteiger partial charge in [-0.15, -0.1) is 0 Å². The van der Waals surface area contributed by atoms with Crippen LogP contribution >= 0.6 is 0 Å². The second-order valence-corrected chi connectivity index (χ2v) is 6.51. The highest BCUT2D eigenvalue weighted by atomic mass is 15.1. The Morgan fingerprint density at radius 2 is 2.00 bits per heavy atom. The Balaban J connectivity index is 2.04. The molecule has 3 atom stereocenters. The maximum absolute atomic E-state index is 3.70. The number of anilines is 1. The summed E-state index contributed by atoms with van der Waals surface area (Å²) in [4.78, 5) is 2.45. The summed E-state index contributed by atoms with van der Waals surface area (Å²) < 4.78 is 0. The van der Waals surface area contributed by atoms with E-state index in [1.807, 2.05) is 0 Å². The molecule has 0 bridgehead atoms. The molecule has 112 valence electrons. The molecule has 1 aromatic rings. The third kappa shape index (κ3) is 3.76. The second-order valence-electron chi connectivity index (χ2n) is 6.51. The minimum atomic E-state index is 0.697. The molecule has 1 aliphatic rings. The topological polar surface area (TPSA) is 15.3 Å². The van der Waals surface area contributed by atoms with Gasteiger partial charge in [0.1, 0.15) is 0 Å². The summed E-state index contributed by atoms with van der Waals surface area (Å²) in [6.07, 6.45) is 4.07. The molecule has 1 fully saturated rings. The summed E-state index contributed by atoms with van der Waals surface area (Å²) in [5.41, 5.74) is 2.75. The van der Waals surface area contributed by atoms with Crippen LogP contribution in [0.4, 0.5) is 5.69 Å². The molecule has 0 radical (unpaired) electrons. The van der Waals surface area contributed by atoms with Gasteiger partial charge < -0.3 is 10.2 Å². The monoisotopic (exact) mass is 274 g/mol. The van der Waals surface area contributed by atoms with Crippen molar-refractivity contribution in [3.05, 3.63) is 29.8 Å². The largest absolute Gasteiger partial charge is 0.374 e. The number of aryl methyl sites for hydroxylation is 1. The fourth-order valence-corrected chi connectivity index (χ4v) is 3.67. The molecule has 0 amide bonds. The van der Waals surface area contributed by atoms with Crippen LogP contribution in [-0.4, -0.2) is 26.2 Å². The van der Waals surface area contributed by atoms with Crippen molar-refractivity contribution in [1.82, 2.24) is 5.32 Å². The van der Waals surface area contributed by atoms with Crippen LogP contribution in [0.3, 0.4) is 0 Å². The number of nitrogens with one attached hydrogen (secondary N) is 1. The summed E-state index contributed by atoms with van der Waals surface area (Å²) in [5.74, 6) is 1.64. The molecule has 3 unspecified atom stereocenters. The highest BCUT2D eigenvalue weighted by Crippen LogP contribution is 2.31. The third-order valence-corrected chi connectivity index (χ3v) is 4.75. The lowest BCUT2D eigenvalue weighted by Gasteiger charge is -2.38. The van der Waals surface area contributed by atoms with Gasteiger partial charge in [-0.3, -0.25) is 0 Å². The molecule has 2 heteroatoms. The zero-order valence-corrected chi connectivity index (χ0v) is 13.5. The molecule has 0 spiro atoms. The smallest absolute Gasteiger partial charge is 0.0393 e. The maximum Gasteiger partial charge on any atom is 0.0393 e. The molecule has 1 N–H and O–H groups in total. The summed E-state index contributed by atoms with van der Waals surface area (Å²) in [6, 6.07) is 9.41. The summed E-state index contributed by atoms with van der Waals surface area (Å²) in [6.45, 7) is 9.08. The fourth-order valence-electron chi connectivity index (χ4n) is 3.67. The molecule has 0 heterocycles. The fraction of sp³-hybridized carbons (Fsp3) is 0.667. The molecule has 2 rings (SSSR count). The molecule has 1 aliphatic carbocycles. The first-order valence-electron chi connectivity index (χ1n) is 8.12. The van der Waals surface area contributed by atoms with E-state index < -0.39 is 0 Å². The molecule has 2 nitrogen and oxygen atoms in total. The number of hydrogen-bond acceptors (Lipinski definition) is 2. The quantitative estimate of drug-likeness (QED) is 0.877. The Labute approximate surface area is 124 Å². The zero-order chi connectivity index (χ0) is 14.5. The lowest BCUT2D eigenvalue weighted by atomic mass is 9.78. The minimum absolute atomic E-state index is 0.697. The Hall–Kier alpha value is -1.02. The van der Waals surface area contributed by atoms with Crippen LogP contribution in [0.2, 0.25) is 0 Å². The van der Waals surface area contributed by atoms with Crippen LogP contribution in [0.5, 0.6) is 0 Å². The molecule has 0 aromatic heterocycles. The van der Waals surface area contributed by atoms with E-state index in [4.69, 9.17) is 0 Å². The van der Waals surface area contributed by atoms with Gasteiger partial charge >= 0.3 is 0 Å². The zero-order valence-electron chi connectivity index (χ0n) is 13.5. The number of nitrogens with zero attached hydrogens (tertiary/aromatic N) is 1. The van der Waals surface area contributed by atoms with Crippen molar-refractivity contribution in [1.29, 1.82) is 0 Å². The van der Waals surface area contributed by atoms with E-state index in [9.17, 15) is 0 Å². The van der Waals surface area contributed by atoms with Crippen molar-refractivity contribution >= 4 is 5.69 Å². The molecule has 0 aliphatic heterocycles. The van der Waals surface area contributed by atoms with Gasteiger partial charge in [-0.1, -0.05) is 32.0 Å². The van der Waals surface area contributed by atoms with E-state index in [1.165, 1.54) is 30.5 Å². The van der Waals surface area contributed by atoms with Crippen LogP contribution < -0.4 is 10.2 Å². The first kappa shape index (κ1) is 15.4. The lowest BCUT2D eigenvalue weighted by molar-refractivity contribution is 0.219. The maximum atomic E-state index is 3.70. The summed E-state index contributed by atoms with van der Waals surface area (Å²) in [7, 11) is 2.24. The van der Waals surface area contributed by atoms with Gasteiger partial charge in [-0.2, -0.15) is 0 Å². The van der Waals surface area contributed by atoms with Crippen molar-refractivity contribution in [2.45, 2.75) is 46.1 Å². The average molecular weight is 274 g/mol. The van der Waals surface area contributed by atoms with E-state index in [1.54, 1.807) is 0 Å². The summed E-state index contributed by atoms with van der Waals surface area (Å²) in [5, 5.41) is 3.70. The van der Waals surface area contributed by atoms with Gasteiger partial charge in [0.15, 0.2) is 0 Å². The molecule has 20 heavy (non-hydrogen) atoms. The van der Waals surface area contributed by atoms with Crippen LogP contribution in [0.15, 0.2) is 24.3 Å². The van der Waals surface area contributed by atoms with Crippen molar-refractivity contribution < 1.29 is 0 Å². The van der Waals surface area contributed by atoms with E-state index in [-0.39, 0.29) is 0 Å². The molecular formula is C18H30N2. The van der Waals surface area contributed by atoms with E-state index >= 15 is 0 Å². The third-order valence-electron chi connectivity index (χ3n) is 4.75. The van der Waals surface area contributed by atoms with Gasteiger partial charge in [-0.05, 0) is 56.2 Å². The van der Waals surface area contributed by atoms with Crippen molar-refractivity contribution in [3.63, 3.8) is 0 Å². The molecule has 1 aromatic carbocycles. The normalized spacial score (nSPS) is 26.5.